The number of rotatable bonds is 13. The van der Waals surface area contributed by atoms with Crippen LogP contribution in [-0.4, -0.2) is 46.2 Å². The Morgan fingerprint density at radius 1 is 0.568 bits per heavy atom. The van der Waals surface area contributed by atoms with Crippen LogP contribution in [-0.2, 0) is 32.0 Å². The zero-order valence-corrected chi connectivity index (χ0v) is 41.0. The third-order valence-electron chi connectivity index (χ3n) is 11.5. The van der Waals surface area contributed by atoms with Gasteiger partial charge in [-0.25, -0.2) is 37.3 Å². The molecule has 4 aromatic heterocycles. The fourth-order valence-electron chi connectivity index (χ4n) is 7.57. The average Bonchev–Trinajstić information content (AvgIpc) is 3.62. The van der Waals surface area contributed by atoms with Gasteiger partial charge in [0.1, 0.15) is 29.5 Å². The molecule has 9 rings (SSSR count). The number of H-pyrrole nitrogens is 1. The Morgan fingerprint density at radius 2 is 1.02 bits per heavy atom. The summed E-state index contributed by atoms with van der Waals surface area (Å²) < 4.78 is 156. The lowest BCUT2D eigenvalue weighted by atomic mass is 10.1. The van der Waals surface area contributed by atoms with Crippen molar-refractivity contribution >= 4 is 0 Å². The lowest BCUT2D eigenvalue weighted by molar-refractivity contribution is -0.143. The van der Waals surface area contributed by atoms with Crippen LogP contribution in [0.2, 0.25) is 0 Å². The summed E-state index contributed by atoms with van der Waals surface area (Å²) in [4.78, 5) is 58.6. The third-order valence-corrected chi connectivity index (χ3v) is 11.5. The van der Waals surface area contributed by atoms with Gasteiger partial charge in [0.15, 0.2) is 34.5 Å². The van der Waals surface area contributed by atoms with E-state index in [-0.39, 0.29) is 29.1 Å². The van der Waals surface area contributed by atoms with Crippen molar-refractivity contribution in [2.24, 2.45) is 0 Å². The van der Waals surface area contributed by atoms with Crippen molar-refractivity contribution in [3.63, 3.8) is 0 Å². The maximum Gasteiger partial charge on any atom is 0.437 e. The molecule has 0 saturated carbocycles. The van der Waals surface area contributed by atoms with Crippen LogP contribution in [0.15, 0.2) is 153 Å². The van der Waals surface area contributed by atoms with Gasteiger partial charge in [0.25, 0.3) is 22.2 Å². The summed E-state index contributed by atoms with van der Waals surface area (Å²) in [6, 6.07) is 28.8. The topological polar surface area (TPSA) is 226 Å². The lowest BCUT2D eigenvalue weighted by Crippen LogP contribution is -2.30. The molecule has 0 saturated heterocycles. The van der Waals surface area contributed by atoms with Gasteiger partial charge in [-0.15, -0.1) is 0 Å². The van der Waals surface area contributed by atoms with Crippen LogP contribution >= 0.6 is 0 Å². The molecule has 410 valence electrons. The van der Waals surface area contributed by atoms with E-state index in [9.17, 15) is 63.1 Å². The Labute approximate surface area is 447 Å². The molecule has 0 bridgehead atoms. The Morgan fingerprint density at radius 3 is 1.48 bits per heavy atom. The average molecular weight is 1120 g/mol. The summed E-state index contributed by atoms with van der Waals surface area (Å²) in [7, 11) is 1.49. The van der Waals surface area contributed by atoms with Crippen LogP contribution in [0.25, 0.3) is 22.3 Å². The van der Waals surface area contributed by atoms with E-state index in [1.165, 1.54) is 61.7 Å². The maximum absolute atomic E-state index is 14.7. The second-order valence-corrected chi connectivity index (χ2v) is 16.8. The highest BCUT2D eigenvalue weighted by Gasteiger charge is 2.40. The molecule has 0 fully saturated rings. The summed E-state index contributed by atoms with van der Waals surface area (Å²) in [5.74, 6) is -7.24. The minimum absolute atomic E-state index is 0.0338. The monoisotopic (exact) mass is 1120 g/mol. The number of aromatic amines is 1. The van der Waals surface area contributed by atoms with Crippen molar-refractivity contribution in [1.29, 1.82) is 10.5 Å². The third kappa shape index (κ3) is 12.8. The summed E-state index contributed by atoms with van der Waals surface area (Å²) in [6.07, 6.45) is -9.05. The highest BCUT2D eigenvalue weighted by atomic mass is 19.4. The van der Waals surface area contributed by atoms with Crippen LogP contribution in [0.5, 0.6) is 28.7 Å². The number of nitrogens with zero attached hydrogens (tertiary/aromatic N) is 9. The van der Waals surface area contributed by atoms with Crippen LogP contribution in [0.1, 0.15) is 39.5 Å². The van der Waals surface area contributed by atoms with Gasteiger partial charge in [-0.05, 0) is 89.5 Å². The van der Waals surface area contributed by atoms with Crippen molar-refractivity contribution in [2.45, 2.75) is 32.0 Å². The predicted octanol–water partition coefficient (Wildman–Crippen LogP) is 9.54. The van der Waals surface area contributed by atoms with Crippen LogP contribution in [0, 0.1) is 45.9 Å². The molecule has 5 aromatic carbocycles. The minimum atomic E-state index is -5.16. The molecule has 0 aliphatic rings. The van der Waals surface area contributed by atoms with Gasteiger partial charge in [-0.1, -0.05) is 48.5 Å². The molecule has 0 amide bonds. The first-order chi connectivity index (χ1) is 38.6. The van der Waals surface area contributed by atoms with E-state index in [1.807, 2.05) is 0 Å². The van der Waals surface area contributed by atoms with E-state index in [0.29, 0.717) is 39.7 Å². The molecule has 4 heterocycles. The van der Waals surface area contributed by atoms with Gasteiger partial charge < -0.3 is 14.2 Å². The van der Waals surface area contributed by atoms with Gasteiger partial charge in [0.05, 0.1) is 73.0 Å². The predicted molar refractivity (Wildman–Crippen MR) is 264 cm³/mol. The van der Waals surface area contributed by atoms with Gasteiger partial charge >= 0.3 is 12.4 Å². The van der Waals surface area contributed by atoms with E-state index in [2.05, 4.69) is 25.3 Å². The van der Waals surface area contributed by atoms with E-state index < -0.39 is 116 Å². The number of nitriles is 2. The van der Waals surface area contributed by atoms with Crippen LogP contribution in [0.4, 0.5) is 43.9 Å². The summed E-state index contributed by atoms with van der Waals surface area (Å²) in [5.41, 5.74) is -6.73. The fraction of sp³-hybridized carbons (Fsp3) is 0.111. The zero-order valence-electron chi connectivity index (χ0n) is 41.0. The number of ether oxygens (including phenoxy) is 3. The highest BCUT2D eigenvalue weighted by molar-refractivity contribution is 5.63. The molecule has 1 N–H and O–H groups in total. The molecule has 0 atom stereocenters. The number of alkyl halides is 6. The normalized spacial score (nSPS) is 11.2. The van der Waals surface area contributed by atoms with Gasteiger partial charge in [-0.2, -0.15) is 47.1 Å². The molecular formula is C54H32F10N10O7. The van der Waals surface area contributed by atoms with E-state index in [4.69, 9.17) is 24.7 Å². The zero-order chi connectivity index (χ0) is 58.3. The van der Waals surface area contributed by atoms with Crippen LogP contribution in [0.3, 0.4) is 0 Å². The first kappa shape index (κ1) is 56.5. The van der Waals surface area contributed by atoms with Crippen LogP contribution < -0.4 is 36.4 Å². The summed E-state index contributed by atoms with van der Waals surface area (Å²) >= 11 is 0. The molecule has 9 aromatic rings. The molecule has 0 unspecified atom stereocenters. The van der Waals surface area contributed by atoms with Crippen molar-refractivity contribution < 1.29 is 58.1 Å². The second-order valence-electron chi connectivity index (χ2n) is 16.8. The number of aromatic nitrogens is 8. The minimum Gasteiger partial charge on any atom is -0.497 e. The molecule has 27 heteroatoms. The van der Waals surface area contributed by atoms with Crippen molar-refractivity contribution in [2.75, 3.05) is 7.11 Å². The Hall–Kier alpha value is -10.7. The van der Waals surface area contributed by atoms with E-state index in [0.717, 1.165) is 57.8 Å². The van der Waals surface area contributed by atoms with Gasteiger partial charge in [0.2, 0.25) is 11.5 Å². The van der Waals surface area contributed by atoms with Crippen molar-refractivity contribution in [3.8, 4) is 63.1 Å². The molecule has 0 radical (unpaired) electrons. The van der Waals surface area contributed by atoms with Crippen molar-refractivity contribution in [1.82, 2.24) is 39.1 Å². The molecule has 17 nitrogen and oxygen atoms in total. The number of hydrogen-bond acceptors (Lipinski definition) is 13. The Balaban J connectivity index is 0.000000218. The summed E-state index contributed by atoms with van der Waals surface area (Å²) in [5, 5.41) is 28.3. The first-order valence-corrected chi connectivity index (χ1v) is 23.0. The molecular weight excluding hydrogens is 1090 g/mol. The number of halogens is 10. The SMILES string of the molecule is COc1ccc(Cn2nc(Cn3cnc(C(F)(F)F)c(Oc4cccc(C#N)c4F)c3=O)cc(-c3ccc(F)cc3)c2=O)cc1.N#Cc1cccc(Oc2c(C(F)(F)F)ncn(Cc3cc(-c4ccc(F)cc4)c(=O)[nH]n3)c2=O)c1F. The fourth-order valence-corrected chi connectivity index (χ4v) is 7.57. The van der Waals surface area contributed by atoms with Gasteiger partial charge in [0, 0.05) is 0 Å². The maximum atomic E-state index is 14.7. The summed E-state index contributed by atoms with van der Waals surface area (Å²) in [6.45, 7) is -0.974. The molecule has 81 heavy (non-hydrogen) atoms. The Kier molecular flexibility index (Phi) is 16.4. The number of nitrogens with one attached hydrogen (secondary N) is 1. The van der Waals surface area contributed by atoms with Gasteiger partial charge in [-0.3, -0.25) is 28.3 Å². The smallest absolute Gasteiger partial charge is 0.437 e. The van der Waals surface area contributed by atoms with Crippen molar-refractivity contribution in [3.05, 3.63) is 238 Å². The second kappa shape index (κ2) is 23.5. The largest absolute Gasteiger partial charge is 0.497 e. The number of hydrogen-bond donors (Lipinski definition) is 1. The quantitative estimate of drug-likeness (QED) is 0.106. The highest BCUT2D eigenvalue weighted by Crippen LogP contribution is 2.37. The molecule has 0 aliphatic carbocycles. The lowest BCUT2D eigenvalue weighted by Gasteiger charge is -2.16. The molecule has 0 aliphatic heterocycles. The first-order valence-electron chi connectivity index (χ1n) is 23.0. The van der Waals surface area contributed by atoms with E-state index >= 15 is 0 Å². The number of methoxy groups -OCH3 is 1. The standard InChI is InChI=1S/C31H20F5N5O4.C23H12F5N5O3/c1-44-23-11-5-18(6-12-23)15-41-29(42)24(19-7-9-21(32)10-8-19)13-22(39-41)16-40-17-38-28(31(34,35)36)27(30(40)43)45-25-4-2-3-20(14-37)26(25)33;24-14-6-4-12(5-7-14)16-8-15(31-32-21(16)34)10-33-11-30-20(23(26,27)28)19(22(33)35)36-17-3-1-2-13(9-29)18(17)25/h2-13,17H,15-16H2,1H3;1-8,11H,10H2,(H,32,34). The van der Waals surface area contributed by atoms with E-state index in [1.54, 1.807) is 30.3 Å². The Bertz CT molecular complexity index is 4170. The number of benzene rings is 5. The molecule has 0 spiro atoms.